The zero-order valence-corrected chi connectivity index (χ0v) is 9.38. The van der Waals surface area contributed by atoms with Crippen LogP contribution in [-0.4, -0.2) is 16.8 Å². The van der Waals surface area contributed by atoms with Crippen molar-refractivity contribution in [2.45, 2.75) is 6.92 Å². The number of nitrogens with one attached hydrogen (secondary N) is 2. The number of allylic oxidation sites excluding steroid dienone is 3. The van der Waals surface area contributed by atoms with E-state index < -0.39 is 5.91 Å². The lowest BCUT2D eigenvalue weighted by atomic mass is 10.3. The largest absolute Gasteiger partial charge is 0.269 e. The summed E-state index contributed by atoms with van der Waals surface area (Å²) in [4.78, 5) is 26.5. The molecule has 0 radical (unpaired) electrons. The van der Waals surface area contributed by atoms with Crippen LogP contribution in [0, 0.1) is 0 Å². The molecule has 0 fully saturated rings. The molecule has 0 aliphatic rings. The molecule has 0 saturated heterocycles. The minimum Gasteiger partial charge on any atom is -0.268 e. The van der Waals surface area contributed by atoms with Gasteiger partial charge in [-0.3, -0.25) is 25.4 Å². The standard InChI is InChI=1S/C12H13N3O2/c1-2-3-4-5-11(16)14-15-12(17)10-6-8-13-9-7-10/h2-9H,1H3,(H,14,16)(H,15,17)/b3-2+,5-4+. The van der Waals surface area contributed by atoms with Crippen molar-refractivity contribution < 1.29 is 9.59 Å². The van der Waals surface area contributed by atoms with Crippen LogP contribution in [0.2, 0.25) is 0 Å². The molecule has 1 rings (SSSR count). The summed E-state index contributed by atoms with van der Waals surface area (Å²) in [5.41, 5.74) is 4.97. The Balaban J connectivity index is 2.41. The Labute approximate surface area is 99.2 Å². The molecule has 0 bridgehead atoms. The molecular weight excluding hydrogens is 218 g/mol. The summed E-state index contributed by atoms with van der Waals surface area (Å²) in [7, 11) is 0. The third-order valence-corrected chi connectivity index (χ3v) is 1.79. The molecule has 1 aromatic heterocycles. The maximum Gasteiger partial charge on any atom is 0.269 e. The monoisotopic (exact) mass is 231 g/mol. The van der Waals surface area contributed by atoms with Gasteiger partial charge in [-0.05, 0) is 19.1 Å². The molecule has 0 unspecified atom stereocenters. The smallest absolute Gasteiger partial charge is 0.268 e. The van der Waals surface area contributed by atoms with Crippen molar-refractivity contribution >= 4 is 11.8 Å². The number of nitrogens with zero attached hydrogens (tertiary/aromatic N) is 1. The van der Waals surface area contributed by atoms with E-state index in [0.29, 0.717) is 5.56 Å². The predicted molar refractivity (Wildman–Crippen MR) is 63.8 cm³/mol. The zero-order chi connectivity index (χ0) is 12.5. The summed E-state index contributed by atoms with van der Waals surface area (Å²) in [6, 6.07) is 3.11. The number of carbonyl (C=O) groups excluding carboxylic acids is 2. The lowest BCUT2D eigenvalue weighted by molar-refractivity contribution is -0.117. The number of aromatic nitrogens is 1. The highest BCUT2D eigenvalue weighted by Gasteiger charge is 2.04. The molecule has 0 atom stereocenters. The Hall–Kier alpha value is -2.43. The summed E-state index contributed by atoms with van der Waals surface area (Å²) in [6.07, 6.45) is 9.40. The fourth-order valence-electron chi connectivity index (χ4n) is 0.990. The summed E-state index contributed by atoms with van der Waals surface area (Å²) in [6.45, 7) is 1.84. The Bertz CT molecular complexity index is 438. The number of hydrogen-bond acceptors (Lipinski definition) is 3. The van der Waals surface area contributed by atoms with Gasteiger partial charge in [0.2, 0.25) is 0 Å². The van der Waals surface area contributed by atoms with Crippen LogP contribution in [0.4, 0.5) is 0 Å². The Morgan fingerprint density at radius 3 is 2.53 bits per heavy atom. The molecule has 2 N–H and O–H groups in total. The van der Waals surface area contributed by atoms with Gasteiger partial charge >= 0.3 is 0 Å². The van der Waals surface area contributed by atoms with Gasteiger partial charge in [0.05, 0.1) is 0 Å². The van der Waals surface area contributed by atoms with E-state index in [9.17, 15) is 9.59 Å². The van der Waals surface area contributed by atoms with Crippen LogP contribution < -0.4 is 10.9 Å². The van der Waals surface area contributed by atoms with Crippen LogP contribution >= 0.6 is 0 Å². The Morgan fingerprint density at radius 2 is 1.88 bits per heavy atom. The number of hydrogen-bond donors (Lipinski definition) is 2. The van der Waals surface area contributed by atoms with Crippen LogP contribution in [0.5, 0.6) is 0 Å². The summed E-state index contributed by atoms with van der Waals surface area (Å²) >= 11 is 0. The molecule has 1 aromatic rings. The molecule has 2 amide bonds. The van der Waals surface area contributed by atoms with Gasteiger partial charge < -0.3 is 0 Å². The third-order valence-electron chi connectivity index (χ3n) is 1.79. The van der Waals surface area contributed by atoms with E-state index in [2.05, 4.69) is 15.8 Å². The zero-order valence-electron chi connectivity index (χ0n) is 9.38. The lowest BCUT2D eigenvalue weighted by Crippen LogP contribution is -2.40. The number of carbonyl (C=O) groups is 2. The minimum atomic E-state index is -0.398. The summed E-state index contributed by atoms with van der Waals surface area (Å²) in [5, 5.41) is 0. The van der Waals surface area contributed by atoms with E-state index in [-0.39, 0.29) is 5.91 Å². The van der Waals surface area contributed by atoms with Gasteiger partial charge in [-0.2, -0.15) is 0 Å². The van der Waals surface area contributed by atoms with Gasteiger partial charge in [0.1, 0.15) is 0 Å². The van der Waals surface area contributed by atoms with Gasteiger partial charge in [0, 0.05) is 24.0 Å². The Kier molecular flexibility index (Phi) is 5.16. The number of hydrazine groups is 1. The molecule has 0 aliphatic heterocycles. The minimum absolute atomic E-state index is 0.389. The number of pyridine rings is 1. The SMILES string of the molecule is C/C=C/C=C/C(=O)NNC(=O)c1ccncc1. The molecule has 0 aliphatic carbocycles. The van der Waals surface area contributed by atoms with Crippen molar-refractivity contribution in [3.05, 3.63) is 54.4 Å². The Morgan fingerprint density at radius 1 is 1.18 bits per heavy atom. The quantitative estimate of drug-likeness (QED) is 0.462. The predicted octanol–water partition coefficient (Wildman–Crippen LogP) is 0.975. The lowest BCUT2D eigenvalue weighted by Gasteiger charge is -2.04. The maximum absolute atomic E-state index is 11.5. The molecule has 88 valence electrons. The van der Waals surface area contributed by atoms with Crippen molar-refractivity contribution in [1.29, 1.82) is 0 Å². The summed E-state index contributed by atoms with van der Waals surface area (Å²) < 4.78 is 0. The number of amides is 2. The van der Waals surface area contributed by atoms with Crippen LogP contribution in [-0.2, 0) is 4.79 Å². The van der Waals surface area contributed by atoms with Crippen molar-refractivity contribution in [2.24, 2.45) is 0 Å². The first-order chi connectivity index (χ1) is 8.24. The van der Waals surface area contributed by atoms with Crippen LogP contribution in [0.1, 0.15) is 17.3 Å². The maximum atomic E-state index is 11.5. The van der Waals surface area contributed by atoms with Crippen molar-refractivity contribution in [2.75, 3.05) is 0 Å². The third kappa shape index (κ3) is 4.74. The van der Waals surface area contributed by atoms with E-state index in [4.69, 9.17) is 0 Å². The van der Waals surface area contributed by atoms with Crippen molar-refractivity contribution in [3.8, 4) is 0 Å². The number of rotatable bonds is 3. The second-order valence-corrected chi connectivity index (χ2v) is 3.06. The second kappa shape index (κ2) is 6.95. The van der Waals surface area contributed by atoms with Gasteiger partial charge in [-0.1, -0.05) is 18.2 Å². The molecular formula is C12H13N3O2. The highest BCUT2D eigenvalue weighted by molar-refractivity contribution is 5.96. The first kappa shape index (κ1) is 12.6. The normalized spacial score (nSPS) is 10.6. The van der Waals surface area contributed by atoms with Crippen LogP contribution in [0.3, 0.4) is 0 Å². The molecule has 0 aromatic carbocycles. The average Bonchev–Trinajstić information content (AvgIpc) is 2.37. The van der Waals surface area contributed by atoms with Gasteiger partial charge in [-0.25, -0.2) is 0 Å². The van der Waals surface area contributed by atoms with Gasteiger partial charge in [0.15, 0.2) is 0 Å². The van der Waals surface area contributed by atoms with E-state index >= 15 is 0 Å². The van der Waals surface area contributed by atoms with Gasteiger partial charge in [-0.15, -0.1) is 0 Å². The second-order valence-electron chi connectivity index (χ2n) is 3.06. The van der Waals surface area contributed by atoms with Gasteiger partial charge in [0.25, 0.3) is 11.8 Å². The molecule has 5 nitrogen and oxygen atoms in total. The fourth-order valence-corrected chi connectivity index (χ4v) is 0.990. The average molecular weight is 231 g/mol. The molecule has 5 heteroatoms. The highest BCUT2D eigenvalue weighted by Crippen LogP contribution is 1.94. The van der Waals surface area contributed by atoms with Crippen LogP contribution in [0.15, 0.2) is 48.8 Å². The topological polar surface area (TPSA) is 71.1 Å². The molecule has 0 spiro atoms. The molecule has 17 heavy (non-hydrogen) atoms. The van der Waals surface area contributed by atoms with E-state index in [1.807, 2.05) is 6.92 Å². The van der Waals surface area contributed by atoms with Crippen LogP contribution in [0.25, 0.3) is 0 Å². The van der Waals surface area contributed by atoms with Crippen molar-refractivity contribution in [1.82, 2.24) is 15.8 Å². The molecule has 1 heterocycles. The van der Waals surface area contributed by atoms with E-state index in [0.717, 1.165) is 0 Å². The fraction of sp³-hybridized carbons (Fsp3) is 0.0833. The van der Waals surface area contributed by atoms with Crippen molar-refractivity contribution in [3.63, 3.8) is 0 Å². The van der Waals surface area contributed by atoms with E-state index in [1.54, 1.807) is 30.4 Å². The first-order valence-electron chi connectivity index (χ1n) is 5.03. The van der Waals surface area contributed by atoms with E-state index in [1.165, 1.54) is 18.5 Å². The highest BCUT2D eigenvalue weighted by atomic mass is 16.2. The first-order valence-corrected chi connectivity index (χ1v) is 5.03. The summed E-state index contributed by atoms with van der Waals surface area (Å²) in [5.74, 6) is -0.786. The molecule has 0 saturated carbocycles.